The Kier molecular flexibility index (Phi) is 4.99. The Morgan fingerprint density at radius 2 is 1.74 bits per heavy atom. The summed E-state index contributed by atoms with van der Waals surface area (Å²) in [6.45, 7) is 4.24. The van der Waals surface area contributed by atoms with Gasteiger partial charge in [-0.25, -0.2) is 17.2 Å². The minimum absolute atomic E-state index is 0.392. The molecule has 0 saturated heterocycles. The number of carbonyl (C=O) groups excluding carboxylic acids is 1. The predicted molar refractivity (Wildman–Crippen MR) is 66.3 cm³/mol. The number of carbonyl (C=O) groups is 1. The van der Waals surface area contributed by atoms with Crippen molar-refractivity contribution in [2.75, 3.05) is 18.8 Å². The van der Waals surface area contributed by atoms with Crippen LogP contribution >= 0.6 is 0 Å². The molecule has 0 unspecified atom stereocenters. The molecule has 0 aromatic heterocycles. The second-order valence-corrected chi connectivity index (χ2v) is 5.89. The Hall–Kier alpha value is -1.50. The zero-order valence-corrected chi connectivity index (χ0v) is 11.5. The van der Waals surface area contributed by atoms with Gasteiger partial charge in [0.2, 0.25) is 5.91 Å². The average Bonchev–Trinajstić information content (AvgIpc) is 2.33. The molecule has 1 amide bonds. The third-order valence-electron chi connectivity index (χ3n) is 2.68. The van der Waals surface area contributed by atoms with Crippen LogP contribution in [0.25, 0.3) is 0 Å². The van der Waals surface area contributed by atoms with E-state index in [1.54, 1.807) is 13.8 Å². The van der Waals surface area contributed by atoms with E-state index in [2.05, 4.69) is 0 Å². The molecule has 0 aliphatic carbocycles. The predicted octanol–water partition coefficient (Wildman–Crippen LogP) is 1.61. The van der Waals surface area contributed by atoms with Crippen LogP contribution in [-0.4, -0.2) is 38.1 Å². The molecule has 1 aromatic carbocycles. The lowest BCUT2D eigenvalue weighted by Crippen LogP contribution is -2.35. The Morgan fingerprint density at radius 3 is 2.21 bits per heavy atom. The molecule has 0 atom stereocenters. The average molecular weight is 291 g/mol. The van der Waals surface area contributed by atoms with Crippen molar-refractivity contribution in [2.24, 2.45) is 0 Å². The lowest BCUT2D eigenvalue weighted by atomic mass is 10.3. The van der Waals surface area contributed by atoms with Gasteiger partial charge in [0.15, 0.2) is 21.5 Å². The monoisotopic (exact) mass is 291 g/mol. The number of benzene rings is 1. The molecule has 4 nitrogen and oxygen atoms in total. The normalized spacial score (nSPS) is 11.4. The molecule has 0 bridgehead atoms. The molecular weight excluding hydrogens is 276 g/mol. The molecular formula is C12H15F2NO3S. The highest BCUT2D eigenvalue weighted by Crippen LogP contribution is 2.15. The van der Waals surface area contributed by atoms with Gasteiger partial charge < -0.3 is 4.90 Å². The van der Waals surface area contributed by atoms with Crippen molar-refractivity contribution in [3.05, 3.63) is 29.8 Å². The third-order valence-corrected chi connectivity index (χ3v) is 4.28. The van der Waals surface area contributed by atoms with E-state index in [1.165, 1.54) is 4.90 Å². The van der Waals surface area contributed by atoms with Crippen molar-refractivity contribution in [1.29, 1.82) is 0 Å². The quantitative estimate of drug-likeness (QED) is 0.774. The van der Waals surface area contributed by atoms with Crippen LogP contribution in [0.2, 0.25) is 0 Å². The van der Waals surface area contributed by atoms with E-state index in [9.17, 15) is 22.0 Å². The SMILES string of the molecule is CCN(CC)C(=O)CS(=O)(=O)c1ccc(F)c(F)c1. The van der Waals surface area contributed by atoms with Crippen LogP contribution in [0.5, 0.6) is 0 Å². The summed E-state index contributed by atoms with van der Waals surface area (Å²) in [5.41, 5.74) is 0. The van der Waals surface area contributed by atoms with E-state index in [0.717, 1.165) is 12.1 Å². The molecule has 0 radical (unpaired) electrons. The Labute approximate surface area is 110 Å². The van der Waals surface area contributed by atoms with Crippen LogP contribution in [0, 0.1) is 11.6 Å². The first-order valence-electron chi connectivity index (χ1n) is 5.77. The number of hydrogen-bond acceptors (Lipinski definition) is 3. The molecule has 0 saturated carbocycles. The minimum atomic E-state index is -3.96. The van der Waals surface area contributed by atoms with E-state index in [4.69, 9.17) is 0 Å². The molecule has 1 rings (SSSR count). The molecule has 0 aliphatic rings. The zero-order chi connectivity index (χ0) is 14.6. The molecule has 0 fully saturated rings. The number of nitrogens with zero attached hydrogens (tertiary/aromatic N) is 1. The van der Waals surface area contributed by atoms with Crippen molar-refractivity contribution in [3.63, 3.8) is 0 Å². The first-order chi connectivity index (χ1) is 8.81. The van der Waals surface area contributed by atoms with Gasteiger partial charge in [0.1, 0.15) is 5.75 Å². The fourth-order valence-corrected chi connectivity index (χ4v) is 2.82. The van der Waals surface area contributed by atoms with Gasteiger partial charge in [0.05, 0.1) is 4.90 Å². The molecule has 19 heavy (non-hydrogen) atoms. The Bertz CT molecular complexity index is 568. The first-order valence-corrected chi connectivity index (χ1v) is 7.42. The first kappa shape index (κ1) is 15.6. The molecule has 0 N–H and O–H groups in total. The summed E-state index contributed by atoms with van der Waals surface area (Å²) in [7, 11) is -3.96. The lowest BCUT2D eigenvalue weighted by Gasteiger charge is -2.18. The smallest absolute Gasteiger partial charge is 0.238 e. The molecule has 106 valence electrons. The van der Waals surface area contributed by atoms with E-state index in [-0.39, 0.29) is 0 Å². The summed E-state index contributed by atoms with van der Waals surface area (Å²) in [6, 6.07) is 2.26. The number of halogens is 2. The van der Waals surface area contributed by atoms with Gasteiger partial charge in [-0.05, 0) is 32.0 Å². The fourth-order valence-electron chi connectivity index (χ4n) is 1.58. The summed E-state index contributed by atoms with van der Waals surface area (Å²) in [5, 5.41) is 0. The molecule has 0 spiro atoms. The minimum Gasteiger partial charge on any atom is -0.342 e. The molecule has 0 aliphatic heterocycles. The summed E-state index contributed by atoms with van der Waals surface area (Å²) in [4.78, 5) is 12.7. The molecule has 7 heteroatoms. The Morgan fingerprint density at radius 1 is 1.16 bits per heavy atom. The maximum atomic E-state index is 13.0. The van der Waals surface area contributed by atoms with Gasteiger partial charge in [0.25, 0.3) is 0 Å². The summed E-state index contributed by atoms with van der Waals surface area (Å²) < 4.78 is 49.6. The third kappa shape index (κ3) is 3.73. The van der Waals surface area contributed by atoms with Crippen LogP contribution in [0.3, 0.4) is 0 Å². The van der Waals surface area contributed by atoms with E-state index in [0.29, 0.717) is 19.2 Å². The largest absolute Gasteiger partial charge is 0.342 e. The van der Waals surface area contributed by atoms with Crippen LogP contribution < -0.4 is 0 Å². The Balaban J connectivity index is 2.98. The van der Waals surface area contributed by atoms with Crippen LogP contribution in [0.1, 0.15) is 13.8 Å². The second-order valence-electron chi connectivity index (χ2n) is 3.90. The van der Waals surface area contributed by atoms with Crippen molar-refractivity contribution >= 4 is 15.7 Å². The maximum absolute atomic E-state index is 13.0. The van der Waals surface area contributed by atoms with Gasteiger partial charge in [-0.3, -0.25) is 4.79 Å². The van der Waals surface area contributed by atoms with Gasteiger partial charge in [0, 0.05) is 13.1 Å². The lowest BCUT2D eigenvalue weighted by molar-refractivity contribution is -0.128. The number of sulfone groups is 1. The molecule has 1 aromatic rings. The van der Waals surface area contributed by atoms with Crippen molar-refractivity contribution in [2.45, 2.75) is 18.7 Å². The topological polar surface area (TPSA) is 54.5 Å². The maximum Gasteiger partial charge on any atom is 0.238 e. The van der Waals surface area contributed by atoms with Crippen LogP contribution in [-0.2, 0) is 14.6 Å². The number of amides is 1. The summed E-state index contributed by atoms with van der Waals surface area (Å²) in [6.07, 6.45) is 0. The number of rotatable bonds is 5. The van der Waals surface area contributed by atoms with Crippen LogP contribution in [0.15, 0.2) is 23.1 Å². The van der Waals surface area contributed by atoms with E-state index >= 15 is 0 Å². The summed E-state index contributed by atoms with van der Waals surface area (Å²) >= 11 is 0. The fraction of sp³-hybridized carbons (Fsp3) is 0.417. The zero-order valence-electron chi connectivity index (χ0n) is 10.7. The van der Waals surface area contributed by atoms with Gasteiger partial charge >= 0.3 is 0 Å². The van der Waals surface area contributed by atoms with Gasteiger partial charge in [-0.1, -0.05) is 0 Å². The highest BCUT2D eigenvalue weighted by Gasteiger charge is 2.23. The van der Waals surface area contributed by atoms with Crippen molar-refractivity contribution in [1.82, 2.24) is 4.90 Å². The van der Waals surface area contributed by atoms with Crippen molar-refractivity contribution in [3.8, 4) is 0 Å². The summed E-state index contributed by atoms with van der Waals surface area (Å²) in [5.74, 6) is -3.69. The standard InChI is InChI=1S/C12H15F2NO3S/c1-3-15(4-2)12(16)8-19(17,18)9-5-6-10(13)11(14)7-9/h5-7H,3-4,8H2,1-2H3. The van der Waals surface area contributed by atoms with Crippen LogP contribution in [0.4, 0.5) is 8.78 Å². The van der Waals surface area contributed by atoms with Crippen molar-refractivity contribution < 1.29 is 22.0 Å². The highest BCUT2D eigenvalue weighted by atomic mass is 32.2. The van der Waals surface area contributed by atoms with E-state index < -0.39 is 38.0 Å². The van der Waals surface area contributed by atoms with Gasteiger partial charge in [-0.2, -0.15) is 0 Å². The highest BCUT2D eigenvalue weighted by molar-refractivity contribution is 7.92. The van der Waals surface area contributed by atoms with E-state index in [1.807, 2.05) is 0 Å². The second kappa shape index (κ2) is 6.10. The molecule has 0 heterocycles. The number of hydrogen-bond donors (Lipinski definition) is 0. The van der Waals surface area contributed by atoms with Gasteiger partial charge in [-0.15, -0.1) is 0 Å².